The van der Waals surface area contributed by atoms with E-state index in [0.717, 1.165) is 18.2 Å². The SMILES string of the molecule is O=C(NC1(C(=O)NCc2ccc(-c3cccc(F)c3OS(=O)(=O)C(F)(F)F)cc2F)CC1)c1cncnc1. The van der Waals surface area contributed by atoms with Crippen LogP contribution in [0, 0.1) is 11.6 Å². The Kier molecular flexibility index (Phi) is 7.06. The predicted octanol–water partition coefficient (Wildman–Crippen LogP) is 3.23. The smallest absolute Gasteiger partial charge is 0.372 e. The summed E-state index contributed by atoms with van der Waals surface area (Å²) in [6.45, 7) is -0.314. The maximum Gasteiger partial charge on any atom is 0.534 e. The number of carbonyl (C=O) groups excluding carboxylic acids is 2. The lowest BCUT2D eigenvalue weighted by Gasteiger charge is -2.17. The first-order valence-electron chi connectivity index (χ1n) is 10.8. The first-order chi connectivity index (χ1) is 17.8. The molecule has 0 bridgehead atoms. The van der Waals surface area contributed by atoms with Gasteiger partial charge in [-0.1, -0.05) is 24.3 Å². The third-order valence-electron chi connectivity index (χ3n) is 5.61. The molecule has 0 atom stereocenters. The third kappa shape index (κ3) is 5.56. The Morgan fingerprint density at radius 3 is 2.32 bits per heavy atom. The predicted molar refractivity (Wildman–Crippen MR) is 121 cm³/mol. The molecule has 1 aliphatic carbocycles. The summed E-state index contributed by atoms with van der Waals surface area (Å²) in [5.74, 6) is -4.71. The van der Waals surface area contributed by atoms with Gasteiger partial charge in [-0.2, -0.15) is 21.6 Å². The lowest BCUT2D eigenvalue weighted by Crippen LogP contribution is -2.48. The Bertz CT molecular complexity index is 1500. The van der Waals surface area contributed by atoms with Gasteiger partial charge >= 0.3 is 15.6 Å². The minimum absolute atomic E-state index is 0.0394. The number of hydrogen-bond donors (Lipinski definition) is 2. The van der Waals surface area contributed by atoms with Crippen molar-refractivity contribution in [3.05, 3.63) is 77.9 Å². The highest BCUT2D eigenvalue weighted by molar-refractivity contribution is 7.88. The second kappa shape index (κ2) is 9.96. The Hall–Kier alpha value is -4.14. The minimum atomic E-state index is -6.19. The van der Waals surface area contributed by atoms with Crippen LogP contribution in [0.5, 0.6) is 5.75 Å². The number of rotatable bonds is 8. The number of alkyl halides is 3. The highest BCUT2D eigenvalue weighted by Crippen LogP contribution is 2.38. The van der Waals surface area contributed by atoms with Crippen LogP contribution in [0.25, 0.3) is 11.1 Å². The van der Waals surface area contributed by atoms with E-state index < -0.39 is 55.9 Å². The van der Waals surface area contributed by atoms with Crippen LogP contribution in [-0.4, -0.2) is 41.2 Å². The van der Waals surface area contributed by atoms with Gasteiger partial charge in [0.2, 0.25) is 5.91 Å². The standard InChI is InChI=1S/C23H17F5N4O5S/c24-17-3-1-2-16(19(17)37-38(35,36)23(26,27)28)13-4-5-14(18(25)8-13)11-31-21(34)22(6-7-22)32-20(33)15-9-29-12-30-10-15/h1-5,8-10,12H,6-7,11H2,(H,31,34)(H,32,33). The largest absolute Gasteiger partial charge is 0.534 e. The minimum Gasteiger partial charge on any atom is -0.372 e. The Morgan fingerprint density at radius 2 is 1.71 bits per heavy atom. The summed E-state index contributed by atoms with van der Waals surface area (Å²) in [7, 11) is -6.19. The summed E-state index contributed by atoms with van der Waals surface area (Å²) in [5.41, 5.74) is -7.51. The van der Waals surface area contributed by atoms with E-state index in [0.29, 0.717) is 18.9 Å². The van der Waals surface area contributed by atoms with Crippen molar-refractivity contribution in [2.24, 2.45) is 0 Å². The molecule has 0 saturated heterocycles. The second-order valence-electron chi connectivity index (χ2n) is 8.25. The molecule has 38 heavy (non-hydrogen) atoms. The fourth-order valence-corrected chi connectivity index (χ4v) is 3.90. The van der Waals surface area contributed by atoms with Crippen LogP contribution in [-0.2, 0) is 21.5 Å². The van der Waals surface area contributed by atoms with Gasteiger partial charge in [0.1, 0.15) is 17.7 Å². The lowest BCUT2D eigenvalue weighted by molar-refractivity contribution is -0.124. The zero-order valence-electron chi connectivity index (χ0n) is 19.1. The van der Waals surface area contributed by atoms with Crippen molar-refractivity contribution in [3.8, 4) is 16.9 Å². The van der Waals surface area contributed by atoms with Crippen molar-refractivity contribution in [1.29, 1.82) is 0 Å². The van der Waals surface area contributed by atoms with E-state index in [9.17, 15) is 40.0 Å². The van der Waals surface area contributed by atoms with Crippen LogP contribution in [0.4, 0.5) is 22.0 Å². The fourth-order valence-electron chi connectivity index (χ4n) is 3.42. The third-order valence-corrected chi connectivity index (χ3v) is 6.56. The summed E-state index contributed by atoms with van der Waals surface area (Å²) in [4.78, 5) is 32.5. The summed E-state index contributed by atoms with van der Waals surface area (Å²) >= 11 is 0. The first-order valence-corrected chi connectivity index (χ1v) is 12.2. The van der Waals surface area contributed by atoms with Crippen molar-refractivity contribution in [2.45, 2.75) is 30.4 Å². The number of carbonyl (C=O) groups is 2. The molecule has 9 nitrogen and oxygen atoms in total. The fraction of sp³-hybridized carbons (Fsp3) is 0.217. The maximum atomic E-state index is 14.8. The van der Waals surface area contributed by atoms with E-state index >= 15 is 0 Å². The van der Waals surface area contributed by atoms with Crippen molar-refractivity contribution in [1.82, 2.24) is 20.6 Å². The molecule has 3 aromatic rings. The number of nitrogens with zero attached hydrogens (tertiary/aromatic N) is 2. The number of halogens is 5. The van der Waals surface area contributed by atoms with Crippen molar-refractivity contribution in [2.75, 3.05) is 0 Å². The number of benzene rings is 2. The number of para-hydroxylation sites is 1. The van der Waals surface area contributed by atoms with Crippen LogP contribution in [0.15, 0.2) is 55.1 Å². The van der Waals surface area contributed by atoms with E-state index in [1.54, 1.807) is 0 Å². The molecule has 15 heteroatoms. The molecule has 1 heterocycles. The molecule has 4 rings (SSSR count). The van der Waals surface area contributed by atoms with Gasteiger partial charge in [-0.15, -0.1) is 0 Å². The van der Waals surface area contributed by atoms with Crippen molar-refractivity contribution in [3.63, 3.8) is 0 Å². The lowest BCUT2D eigenvalue weighted by atomic mass is 10.0. The average Bonchev–Trinajstić information content (AvgIpc) is 3.64. The summed E-state index contributed by atoms with van der Waals surface area (Å²) in [5, 5.41) is 5.12. The van der Waals surface area contributed by atoms with E-state index in [1.165, 1.54) is 30.9 Å². The molecule has 1 aromatic heterocycles. The van der Waals surface area contributed by atoms with Crippen molar-refractivity contribution < 1.29 is 44.1 Å². The molecule has 0 radical (unpaired) electrons. The number of nitrogens with one attached hydrogen (secondary N) is 2. The zero-order chi connectivity index (χ0) is 27.7. The highest BCUT2D eigenvalue weighted by atomic mass is 32.2. The van der Waals surface area contributed by atoms with Gasteiger partial charge in [0.15, 0.2) is 11.6 Å². The number of hydrogen-bond acceptors (Lipinski definition) is 7. The molecule has 2 N–H and O–H groups in total. The molecule has 2 aromatic carbocycles. The van der Waals surface area contributed by atoms with Crippen LogP contribution in [0.1, 0.15) is 28.8 Å². The Labute approximate surface area is 212 Å². The molecule has 2 amide bonds. The molecule has 0 unspecified atom stereocenters. The number of aromatic nitrogens is 2. The normalized spacial score (nSPS) is 14.4. The topological polar surface area (TPSA) is 127 Å². The maximum absolute atomic E-state index is 14.8. The molecule has 1 saturated carbocycles. The van der Waals surface area contributed by atoms with Crippen LogP contribution in [0.3, 0.4) is 0 Å². The molecule has 1 fully saturated rings. The van der Waals surface area contributed by atoms with Gasteiger partial charge in [-0.25, -0.2) is 18.7 Å². The quantitative estimate of drug-likeness (QED) is 0.248. The van der Waals surface area contributed by atoms with E-state index in [-0.39, 0.29) is 23.2 Å². The molecule has 200 valence electrons. The second-order valence-corrected chi connectivity index (χ2v) is 9.79. The molecular formula is C23H17F5N4O5S. The van der Waals surface area contributed by atoms with E-state index in [1.807, 2.05) is 0 Å². The zero-order valence-corrected chi connectivity index (χ0v) is 19.9. The summed E-state index contributed by atoms with van der Waals surface area (Å²) in [6, 6.07) is 6.01. The molecular weight excluding hydrogens is 539 g/mol. The Morgan fingerprint density at radius 1 is 1.03 bits per heavy atom. The average molecular weight is 556 g/mol. The summed E-state index contributed by atoms with van der Waals surface area (Å²) < 4.78 is 94.1. The van der Waals surface area contributed by atoms with Gasteiger partial charge < -0.3 is 14.8 Å². The Balaban J connectivity index is 1.48. The van der Waals surface area contributed by atoms with Crippen LogP contribution < -0.4 is 14.8 Å². The van der Waals surface area contributed by atoms with Gasteiger partial charge in [0, 0.05) is 30.1 Å². The van der Waals surface area contributed by atoms with E-state index in [2.05, 4.69) is 24.8 Å². The monoisotopic (exact) mass is 556 g/mol. The van der Waals surface area contributed by atoms with Crippen molar-refractivity contribution >= 4 is 21.9 Å². The molecule has 1 aliphatic rings. The van der Waals surface area contributed by atoms with Crippen LogP contribution in [0.2, 0.25) is 0 Å². The van der Waals surface area contributed by atoms with Gasteiger partial charge in [0.05, 0.1) is 5.56 Å². The highest BCUT2D eigenvalue weighted by Gasteiger charge is 2.51. The van der Waals surface area contributed by atoms with Gasteiger partial charge in [-0.05, 0) is 30.5 Å². The number of amides is 2. The van der Waals surface area contributed by atoms with E-state index in [4.69, 9.17) is 0 Å². The van der Waals surface area contributed by atoms with Gasteiger partial charge in [-0.3, -0.25) is 9.59 Å². The first kappa shape index (κ1) is 26.9. The molecule has 0 aliphatic heterocycles. The van der Waals surface area contributed by atoms with Crippen LogP contribution >= 0.6 is 0 Å². The summed E-state index contributed by atoms with van der Waals surface area (Å²) in [6.07, 6.45) is 4.50. The molecule has 0 spiro atoms. The van der Waals surface area contributed by atoms with Gasteiger partial charge in [0.25, 0.3) is 5.91 Å².